The maximum absolute atomic E-state index is 14.8. The Morgan fingerprint density at radius 1 is 0.583 bits per heavy atom. The van der Waals surface area contributed by atoms with Gasteiger partial charge in [0.1, 0.15) is 5.69 Å². The van der Waals surface area contributed by atoms with Crippen LogP contribution in [0.15, 0.2) is 137 Å². The van der Waals surface area contributed by atoms with E-state index in [0.717, 1.165) is 10.1 Å². The molecule has 0 saturated carbocycles. The van der Waals surface area contributed by atoms with E-state index in [2.05, 4.69) is 25.8 Å². The quantitative estimate of drug-likeness (QED) is 0.205. The Bertz CT molecular complexity index is 2700. The molecule has 4 heterocycles. The van der Waals surface area contributed by atoms with E-state index in [-0.39, 0.29) is 17.1 Å². The number of rotatable bonds is 5. The van der Waals surface area contributed by atoms with E-state index in [9.17, 15) is 9.59 Å². The van der Waals surface area contributed by atoms with Crippen LogP contribution in [0.25, 0.3) is 56.5 Å². The molecular weight excluding hydrogens is 598 g/mol. The van der Waals surface area contributed by atoms with E-state index in [4.69, 9.17) is 9.10 Å². The van der Waals surface area contributed by atoms with Gasteiger partial charge in [-0.15, -0.1) is 0 Å². The summed E-state index contributed by atoms with van der Waals surface area (Å²) in [7, 11) is 0. The van der Waals surface area contributed by atoms with Gasteiger partial charge in [0.25, 0.3) is 0 Å². The van der Waals surface area contributed by atoms with Gasteiger partial charge in [0.05, 0.1) is 44.8 Å². The van der Waals surface area contributed by atoms with Crippen molar-refractivity contribution in [2.24, 2.45) is 6.98 Å². The highest BCUT2D eigenvalue weighted by atomic mass is 16.2. The molecule has 0 fully saturated rings. The number of para-hydroxylation sites is 3. The maximum atomic E-state index is 14.8. The fraction of sp³-hybridized carbons (Fsp3) is 0.128. The van der Waals surface area contributed by atoms with Crippen LogP contribution < -0.4 is 11.4 Å². The number of aromatic nitrogens is 7. The Labute approximate surface area is 280 Å². The Hall–Kier alpha value is -6.22. The Morgan fingerprint density at radius 3 is 1.50 bits per heavy atom. The van der Waals surface area contributed by atoms with E-state index < -0.39 is 12.7 Å². The van der Waals surface area contributed by atoms with E-state index in [0.29, 0.717) is 50.5 Å². The zero-order valence-corrected chi connectivity index (χ0v) is 26.6. The summed E-state index contributed by atoms with van der Waals surface area (Å²) in [6.07, 6.45) is 3.09. The molecule has 4 aromatic heterocycles. The molecular formula is C39H33N7O2. The normalized spacial score (nSPS) is 13.1. The smallest absolute Gasteiger partial charge is 0.319 e. The number of benzene rings is 4. The Balaban J connectivity index is 1.50. The lowest BCUT2D eigenvalue weighted by Crippen LogP contribution is -2.24. The molecule has 0 aliphatic heterocycles. The lowest BCUT2D eigenvalue weighted by molar-refractivity contribution is 0.589. The maximum Gasteiger partial charge on any atom is 0.340 e. The number of nitrogens with zero attached hydrogens (tertiary/aromatic N) is 7. The van der Waals surface area contributed by atoms with Crippen molar-refractivity contribution in [1.29, 1.82) is 0 Å². The fourth-order valence-electron chi connectivity index (χ4n) is 6.25. The van der Waals surface area contributed by atoms with Crippen LogP contribution in [0, 0.1) is 0 Å². The Morgan fingerprint density at radius 2 is 1.04 bits per heavy atom. The van der Waals surface area contributed by atoms with Crippen molar-refractivity contribution in [3.8, 4) is 34.4 Å². The van der Waals surface area contributed by atoms with E-state index in [1.54, 1.807) is 39.6 Å². The molecule has 0 bridgehead atoms. The summed E-state index contributed by atoms with van der Waals surface area (Å²) in [6.45, 7) is 3.54. The topological polar surface area (TPSA) is 84.6 Å². The summed E-state index contributed by atoms with van der Waals surface area (Å²) in [5, 5.41) is 0. The minimum absolute atomic E-state index is 0.104. The van der Waals surface area contributed by atoms with Crippen molar-refractivity contribution >= 4 is 22.1 Å². The van der Waals surface area contributed by atoms with Crippen LogP contribution in [0.3, 0.4) is 0 Å². The zero-order chi connectivity index (χ0) is 35.7. The number of hydrogen-bond donors (Lipinski definition) is 0. The summed E-state index contributed by atoms with van der Waals surface area (Å²) in [5.41, 5.74) is 4.53. The molecule has 8 aromatic rings. The predicted molar refractivity (Wildman–Crippen MR) is 190 cm³/mol. The largest absolute Gasteiger partial charge is 0.340 e. The molecule has 0 saturated heterocycles. The van der Waals surface area contributed by atoms with Gasteiger partial charge in [0.15, 0.2) is 0 Å². The summed E-state index contributed by atoms with van der Waals surface area (Å²) in [6, 6.07) is 35.1. The fourth-order valence-corrected chi connectivity index (χ4v) is 6.25. The van der Waals surface area contributed by atoms with Crippen LogP contribution in [0.4, 0.5) is 0 Å². The molecule has 0 amide bonds. The number of aryl methyl sites for hydroxylation is 1. The molecule has 236 valence electrons. The minimum atomic E-state index is -2.70. The minimum Gasteiger partial charge on any atom is -0.319 e. The van der Waals surface area contributed by atoms with Gasteiger partial charge in [-0.2, -0.15) is 0 Å². The molecule has 0 aliphatic carbocycles. The molecule has 9 nitrogen and oxygen atoms in total. The second kappa shape index (κ2) is 10.9. The van der Waals surface area contributed by atoms with Crippen molar-refractivity contribution < 1.29 is 4.11 Å². The van der Waals surface area contributed by atoms with Gasteiger partial charge in [-0.3, -0.25) is 18.7 Å². The third kappa shape index (κ3) is 4.62. The van der Waals surface area contributed by atoms with Crippen molar-refractivity contribution in [3.05, 3.63) is 154 Å². The molecule has 0 spiro atoms. The molecule has 0 N–H and O–H groups in total. The lowest BCUT2D eigenvalue weighted by Gasteiger charge is -2.18. The third-order valence-corrected chi connectivity index (χ3v) is 8.62. The molecule has 0 atom stereocenters. The molecule has 0 radical (unpaired) electrons. The van der Waals surface area contributed by atoms with Crippen LogP contribution >= 0.6 is 0 Å². The van der Waals surface area contributed by atoms with Crippen LogP contribution in [0.1, 0.15) is 30.4 Å². The first-order valence-electron chi connectivity index (χ1n) is 17.1. The molecule has 9 heteroatoms. The number of pyridine rings is 1. The first-order chi connectivity index (χ1) is 24.4. The van der Waals surface area contributed by atoms with Gasteiger partial charge in [-0.25, -0.2) is 19.1 Å². The molecule has 8 rings (SSSR count). The summed E-state index contributed by atoms with van der Waals surface area (Å²) < 4.78 is 32.6. The van der Waals surface area contributed by atoms with Crippen molar-refractivity contribution in [1.82, 2.24) is 32.8 Å². The summed E-state index contributed by atoms with van der Waals surface area (Å²) in [5.74, 6) is -0.104. The second-order valence-electron chi connectivity index (χ2n) is 12.7. The SMILES string of the molecule is [2H]C([2H])([2H])n1cc(-c2cc(C(C)(C)C)ccn2)nc1-n1c(=O)n(-c2ccccc2)c2cc3c(cc21)n(-c1ccccc1)c(=O)n3-c1ccccc1. The average molecular weight is 635 g/mol. The van der Waals surface area contributed by atoms with Crippen molar-refractivity contribution in [2.45, 2.75) is 26.2 Å². The van der Waals surface area contributed by atoms with Gasteiger partial charge < -0.3 is 4.57 Å². The molecule has 48 heavy (non-hydrogen) atoms. The molecule has 4 aromatic carbocycles. The van der Waals surface area contributed by atoms with E-state index >= 15 is 0 Å². The summed E-state index contributed by atoms with van der Waals surface area (Å²) >= 11 is 0. The van der Waals surface area contributed by atoms with Crippen molar-refractivity contribution in [3.63, 3.8) is 0 Å². The first kappa shape index (κ1) is 25.9. The molecule has 0 aliphatic rings. The lowest BCUT2D eigenvalue weighted by atomic mass is 9.87. The van der Waals surface area contributed by atoms with Crippen LogP contribution in [-0.4, -0.2) is 32.8 Å². The van der Waals surface area contributed by atoms with Crippen molar-refractivity contribution in [2.75, 3.05) is 0 Å². The highest BCUT2D eigenvalue weighted by Crippen LogP contribution is 2.30. The average Bonchev–Trinajstić information content (AvgIpc) is 3.77. The highest BCUT2D eigenvalue weighted by Gasteiger charge is 2.25. The van der Waals surface area contributed by atoms with Crippen LogP contribution in [0.2, 0.25) is 0 Å². The van der Waals surface area contributed by atoms with Crippen LogP contribution in [0.5, 0.6) is 0 Å². The van der Waals surface area contributed by atoms with Gasteiger partial charge in [-0.05, 0) is 71.6 Å². The van der Waals surface area contributed by atoms with Gasteiger partial charge >= 0.3 is 11.4 Å². The first-order valence-corrected chi connectivity index (χ1v) is 15.6. The number of fused-ring (bicyclic) bond motifs is 2. The monoisotopic (exact) mass is 634 g/mol. The Kier molecular flexibility index (Phi) is 5.91. The standard InChI is InChI=1S/C39H33N7O2/c1-39(2,3)26-20-21-40-30(22-26)31-25-42(4)36(41-31)46-35-24-33-32(23-34(35)45(38(46)48)29-18-12-7-13-19-29)43(27-14-8-5-9-15-27)37(47)44(33)28-16-10-6-11-17-28/h5-25H,1-4H3/i4D3. The number of imidazole rings is 3. The highest BCUT2D eigenvalue weighted by molar-refractivity contribution is 5.95. The van der Waals surface area contributed by atoms with Gasteiger partial charge in [-0.1, -0.05) is 75.4 Å². The second-order valence-corrected chi connectivity index (χ2v) is 12.7. The summed E-state index contributed by atoms with van der Waals surface area (Å²) in [4.78, 5) is 38.5. The van der Waals surface area contributed by atoms with Gasteiger partial charge in [0.2, 0.25) is 5.95 Å². The predicted octanol–water partition coefficient (Wildman–Crippen LogP) is 6.97. The zero-order valence-electron chi connectivity index (χ0n) is 29.6. The van der Waals surface area contributed by atoms with Gasteiger partial charge in [0, 0.05) is 23.5 Å². The van der Waals surface area contributed by atoms with E-state index in [1.807, 2.05) is 91.0 Å². The number of hydrogen-bond acceptors (Lipinski definition) is 4. The van der Waals surface area contributed by atoms with Crippen LogP contribution in [-0.2, 0) is 12.4 Å². The van der Waals surface area contributed by atoms with E-state index in [1.165, 1.54) is 15.3 Å². The molecule has 0 unspecified atom stereocenters. The third-order valence-electron chi connectivity index (χ3n) is 8.62.